The molecule has 0 heterocycles. The van der Waals surface area contributed by atoms with Crippen molar-refractivity contribution in [3.05, 3.63) is 0 Å². The second-order valence-corrected chi connectivity index (χ2v) is 3.00. The molecule has 60 valence electrons. The molecule has 1 aliphatic rings. The van der Waals surface area contributed by atoms with Crippen molar-refractivity contribution in [2.45, 2.75) is 25.9 Å². The van der Waals surface area contributed by atoms with Gasteiger partial charge >= 0.3 is 0 Å². The van der Waals surface area contributed by atoms with Crippen molar-refractivity contribution < 1.29 is 4.74 Å². The Morgan fingerprint density at radius 2 is 2.20 bits per heavy atom. The summed E-state index contributed by atoms with van der Waals surface area (Å²) < 4.78 is 5.17. The van der Waals surface area contributed by atoms with Crippen LogP contribution in [0.25, 0.3) is 0 Å². The molecule has 1 N–H and O–H groups in total. The summed E-state index contributed by atoms with van der Waals surface area (Å²) in [5.41, 5.74) is 0. The summed E-state index contributed by atoms with van der Waals surface area (Å²) in [4.78, 5) is 0. The molecule has 0 unspecified atom stereocenters. The Kier molecular flexibility index (Phi) is 3.16. The van der Waals surface area contributed by atoms with Gasteiger partial charge in [0.25, 0.3) is 0 Å². The van der Waals surface area contributed by atoms with E-state index in [4.69, 9.17) is 4.74 Å². The van der Waals surface area contributed by atoms with E-state index >= 15 is 0 Å². The highest BCUT2D eigenvalue weighted by molar-refractivity contribution is 4.80. The minimum absolute atomic E-state index is 0.559. The third kappa shape index (κ3) is 1.96. The van der Waals surface area contributed by atoms with Crippen LogP contribution < -0.4 is 5.32 Å². The first-order chi connectivity index (χ1) is 4.86. The fourth-order valence-corrected chi connectivity index (χ4v) is 1.38. The minimum atomic E-state index is 0.559. The Morgan fingerprint density at radius 3 is 2.70 bits per heavy atom. The van der Waals surface area contributed by atoms with Gasteiger partial charge in [0.15, 0.2) is 0 Å². The molecule has 0 aliphatic heterocycles. The van der Waals surface area contributed by atoms with Crippen molar-refractivity contribution in [2.24, 2.45) is 5.92 Å². The van der Waals surface area contributed by atoms with Crippen LogP contribution in [0.4, 0.5) is 0 Å². The second-order valence-electron chi connectivity index (χ2n) is 3.00. The van der Waals surface area contributed by atoms with Crippen LogP contribution >= 0.6 is 0 Å². The SMILES string of the molecule is CCNC[C@H]1C[C@@H](OC)C1. The molecule has 0 aromatic carbocycles. The van der Waals surface area contributed by atoms with Crippen molar-refractivity contribution in [3.8, 4) is 0 Å². The molecule has 0 aromatic heterocycles. The van der Waals surface area contributed by atoms with Crippen LogP contribution in [0.2, 0.25) is 0 Å². The number of methoxy groups -OCH3 is 1. The highest BCUT2D eigenvalue weighted by atomic mass is 16.5. The molecule has 0 saturated heterocycles. The first-order valence-corrected chi connectivity index (χ1v) is 4.10. The molecule has 1 fully saturated rings. The normalized spacial score (nSPS) is 31.8. The van der Waals surface area contributed by atoms with Crippen molar-refractivity contribution in [1.82, 2.24) is 5.32 Å². The van der Waals surface area contributed by atoms with Crippen LogP contribution in [0.15, 0.2) is 0 Å². The van der Waals surface area contributed by atoms with Crippen LogP contribution in [0.5, 0.6) is 0 Å². The lowest BCUT2D eigenvalue weighted by molar-refractivity contribution is 0.00179. The highest BCUT2D eigenvalue weighted by Gasteiger charge is 2.27. The zero-order valence-electron chi connectivity index (χ0n) is 6.89. The van der Waals surface area contributed by atoms with Crippen LogP contribution in [0, 0.1) is 5.92 Å². The van der Waals surface area contributed by atoms with Crippen LogP contribution in [-0.4, -0.2) is 26.3 Å². The van der Waals surface area contributed by atoms with Gasteiger partial charge in [-0.05, 0) is 31.8 Å². The van der Waals surface area contributed by atoms with Crippen molar-refractivity contribution in [2.75, 3.05) is 20.2 Å². The fraction of sp³-hybridized carbons (Fsp3) is 1.00. The maximum atomic E-state index is 5.17. The molecule has 0 aromatic rings. The van der Waals surface area contributed by atoms with E-state index in [2.05, 4.69) is 12.2 Å². The van der Waals surface area contributed by atoms with Crippen LogP contribution in [0.1, 0.15) is 19.8 Å². The van der Waals surface area contributed by atoms with Crippen LogP contribution in [0.3, 0.4) is 0 Å². The van der Waals surface area contributed by atoms with E-state index in [9.17, 15) is 0 Å². The molecule has 0 spiro atoms. The maximum Gasteiger partial charge on any atom is 0.0577 e. The molecule has 0 atom stereocenters. The monoisotopic (exact) mass is 143 g/mol. The predicted octanol–water partition coefficient (Wildman–Crippen LogP) is 1.02. The summed E-state index contributed by atoms with van der Waals surface area (Å²) in [6.07, 6.45) is 3.07. The molecule has 0 amide bonds. The molecule has 1 saturated carbocycles. The Morgan fingerprint density at radius 1 is 1.50 bits per heavy atom. The quantitative estimate of drug-likeness (QED) is 0.634. The molecular weight excluding hydrogens is 126 g/mol. The van der Waals surface area contributed by atoms with Gasteiger partial charge in [0.05, 0.1) is 6.10 Å². The largest absolute Gasteiger partial charge is 0.381 e. The number of hydrogen-bond acceptors (Lipinski definition) is 2. The Hall–Kier alpha value is -0.0800. The van der Waals surface area contributed by atoms with E-state index in [-0.39, 0.29) is 0 Å². The maximum absolute atomic E-state index is 5.17. The van der Waals surface area contributed by atoms with Gasteiger partial charge in [-0.15, -0.1) is 0 Å². The van der Waals surface area contributed by atoms with Gasteiger partial charge in [0, 0.05) is 7.11 Å². The average molecular weight is 143 g/mol. The van der Waals surface area contributed by atoms with Crippen LogP contribution in [-0.2, 0) is 4.74 Å². The Labute approximate surface area is 63.0 Å². The smallest absolute Gasteiger partial charge is 0.0577 e. The standard InChI is InChI=1S/C8H17NO/c1-3-9-6-7-4-8(5-7)10-2/h7-9H,3-6H2,1-2H3/t7-,8+. The molecule has 1 aliphatic carbocycles. The van der Waals surface area contributed by atoms with E-state index < -0.39 is 0 Å². The molecule has 2 heteroatoms. The lowest BCUT2D eigenvalue weighted by Crippen LogP contribution is -2.37. The second kappa shape index (κ2) is 3.94. The average Bonchev–Trinajstić information content (AvgIpc) is 1.86. The van der Waals surface area contributed by atoms with Gasteiger partial charge in [-0.25, -0.2) is 0 Å². The molecule has 0 radical (unpaired) electrons. The number of nitrogens with one attached hydrogen (secondary N) is 1. The van der Waals surface area contributed by atoms with Gasteiger partial charge in [-0.2, -0.15) is 0 Å². The van der Waals surface area contributed by atoms with Gasteiger partial charge in [-0.3, -0.25) is 0 Å². The molecular formula is C8H17NO. The summed E-state index contributed by atoms with van der Waals surface area (Å²) in [6, 6.07) is 0. The summed E-state index contributed by atoms with van der Waals surface area (Å²) in [5, 5.41) is 3.34. The van der Waals surface area contributed by atoms with E-state index in [1.54, 1.807) is 7.11 Å². The minimum Gasteiger partial charge on any atom is -0.381 e. The Balaban J connectivity index is 1.93. The molecule has 1 rings (SSSR count). The number of hydrogen-bond donors (Lipinski definition) is 1. The first kappa shape index (κ1) is 8.02. The summed E-state index contributed by atoms with van der Waals surface area (Å²) in [6.45, 7) is 4.41. The zero-order chi connectivity index (χ0) is 7.40. The number of rotatable bonds is 4. The van der Waals surface area contributed by atoms with E-state index in [0.29, 0.717) is 6.10 Å². The third-order valence-corrected chi connectivity index (χ3v) is 2.21. The predicted molar refractivity (Wildman–Crippen MR) is 42.1 cm³/mol. The van der Waals surface area contributed by atoms with Gasteiger partial charge in [-0.1, -0.05) is 6.92 Å². The van der Waals surface area contributed by atoms with E-state index in [1.807, 2.05) is 0 Å². The van der Waals surface area contributed by atoms with Gasteiger partial charge in [0.2, 0.25) is 0 Å². The number of ether oxygens (including phenoxy) is 1. The zero-order valence-corrected chi connectivity index (χ0v) is 6.89. The topological polar surface area (TPSA) is 21.3 Å². The Bertz CT molecular complexity index is 86.5. The van der Waals surface area contributed by atoms with Gasteiger partial charge < -0.3 is 10.1 Å². The van der Waals surface area contributed by atoms with Gasteiger partial charge in [0.1, 0.15) is 0 Å². The van der Waals surface area contributed by atoms with E-state index in [0.717, 1.165) is 12.5 Å². The summed E-state index contributed by atoms with van der Waals surface area (Å²) in [5.74, 6) is 0.880. The summed E-state index contributed by atoms with van der Waals surface area (Å²) >= 11 is 0. The molecule has 0 bridgehead atoms. The van der Waals surface area contributed by atoms with Crippen molar-refractivity contribution in [3.63, 3.8) is 0 Å². The van der Waals surface area contributed by atoms with Crippen molar-refractivity contribution in [1.29, 1.82) is 0 Å². The summed E-state index contributed by atoms with van der Waals surface area (Å²) in [7, 11) is 1.80. The third-order valence-electron chi connectivity index (χ3n) is 2.21. The fourth-order valence-electron chi connectivity index (χ4n) is 1.38. The first-order valence-electron chi connectivity index (χ1n) is 4.10. The molecule has 10 heavy (non-hydrogen) atoms. The van der Waals surface area contributed by atoms with Crippen molar-refractivity contribution >= 4 is 0 Å². The lowest BCUT2D eigenvalue weighted by Gasteiger charge is -2.34. The van der Waals surface area contributed by atoms with E-state index in [1.165, 1.54) is 19.4 Å². The molecule has 2 nitrogen and oxygen atoms in total. The highest BCUT2D eigenvalue weighted by Crippen LogP contribution is 2.28. The lowest BCUT2D eigenvalue weighted by atomic mass is 9.82.